The SMILES string of the molecule is CS(=O)(=O)N(CC(=O)N/N=C\c1cc([N+](=O)[O-])ccc1N1CCOCC1)c1ccc(Cl)c(C(F)(F)F)c1. The van der Waals surface area contributed by atoms with Crippen molar-refractivity contribution in [3.8, 4) is 0 Å². The largest absolute Gasteiger partial charge is 0.417 e. The van der Waals surface area contributed by atoms with Gasteiger partial charge in [0.25, 0.3) is 11.6 Å². The van der Waals surface area contributed by atoms with Gasteiger partial charge < -0.3 is 9.64 Å². The van der Waals surface area contributed by atoms with Crippen molar-refractivity contribution in [2.45, 2.75) is 6.18 Å². The molecule has 0 atom stereocenters. The van der Waals surface area contributed by atoms with Gasteiger partial charge in [0, 0.05) is 36.5 Å². The Balaban J connectivity index is 1.81. The highest BCUT2D eigenvalue weighted by molar-refractivity contribution is 7.92. The monoisotopic (exact) mass is 563 g/mol. The fourth-order valence-electron chi connectivity index (χ4n) is 3.48. The van der Waals surface area contributed by atoms with E-state index in [0.717, 1.165) is 24.6 Å². The van der Waals surface area contributed by atoms with Crippen LogP contribution >= 0.6 is 11.6 Å². The van der Waals surface area contributed by atoms with Gasteiger partial charge in [-0.25, -0.2) is 13.8 Å². The van der Waals surface area contributed by atoms with Gasteiger partial charge in [-0.05, 0) is 24.3 Å². The maximum absolute atomic E-state index is 13.2. The molecular formula is C21H21ClF3N5O6S. The lowest BCUT2D eigenvalue weighted by Gasteiger charge is -2.29. The number of carbonyl (C=O) groups is 1. The molecule has 2 aromatic rings. The van der Waals surface area contributed by atoms with Gasteiger partial charge in [0.2, 0.25) is 10.0 Å². The molecule has 0 unspecified atom stereocenters. The summed E-state index contributed by atoms with van der Waals surface area (Å²) in [6, 6.07) is 6.56. The Bertz CT molecular complexity index is 1320. The summed E-state index contributed by atoms with van der Waals surface area (Å²) in [5.74, 6) is -0.969. The van der Waals surface area contributed by atoms with Crippen molar-refractivity contribution in [1.82, 2.24) is 5.43 Å². The van der Waals surface area contributed by atoms with Crippen LogP contribution in [0.2, 0.25) is 5.02 Å². The number of halogens is 4. The molecule has 1 saturated heterocycles. The van der Waals surface area contributed by atoms with E-state index in [1.54, 1.807) is 0 Å². The molecule has 1 aliphatic heterocycles. The number of ether oxygens (including phenoxy) is 1. The molecule has 1 N–H and O–H groups in total. The molecule has 1 heterocycles. The number of amides is 1. The molecule has 0 aliphatic carbocycles. The van der Waals surface area contributed by atoms with E-state index in [4.69, 9.17) is 16.3 Å². The van der Waals surface area contributed by atoms with Crippen LogP contribution in [0, 0.1) is 10.1 Å². The third kappa shape index (κ3) is 7.30. The number of nitro groups is 1. The van der Waals surface area contributed by atoms with Gasteiger partial charge in [0.1, 0.15) is 6.54 Å². The Morgan fingerprint density at radius 3 is 2.54 bits per heavy atom. The van der Waals surface area contributed by atoms with Gasteiger partial charge in [-0.2, -0.15) is 18.3 Å². The smallest absolute Gasteiger partial charge is 0.378 e. The average Bonchev–Trinajstić information content (AvgIpc) is 2.82. The number of sulfonamides is 1. The normalized spacial score (nSPS) is 14.6. The number of nitro benzene ring substituents is 1. The molecule has 1 fully saturated rings. The number of nitrogens with one attached hydrogen (secondary N) is 1. The molecule has 1 aliphatic rings. The quantitative estimate of drug-likeness (QED) is 0.296. The number of anilines is 2. The zero-order valence-corrected chi connectivity index (χ0v) is 20.8. The van der Waals surface area contributed by atoms with E-state index in [9.17, 15) is 36.5 Å². The summed E-state index contributed by atoms with van der Waals surface area (Å²) in [7, 11) is -4.18. The molecular weight excluding hydrogens is 543 g/mol. The number of non-ortho nitro benzene ring substituents is 1. The number of morpholine rings is 1. The zero-order valence-electron chi connectivity index (χ0n) is 19.2. The molecule has 2 aromatic carbocycles. The highest BCUT2D eigenvalue weighted by Gasteiger charge is 2.34. The molecule has 0 bridgehead atoms. The second kappa shape index (κ2) is 11.3. The van der Waals surface area contributed by atoms with Crippen LogP contribution in [0.25, 0.3) is 0 Å². The predicted molar refractivity (Wildman–Crippen MR) is 131 cm³/mol. The maximum Gasteiger partial charge on any atom is 0.417 e. The summed E-state index contributed by atoms with van der Waals surface area (Å²) in [6.07, 6.45) is -2.97. The minimum absolute atomic E-state index is 0.212. The Labute approximate surface area is 214 Å². The number of hydrazone groups is 1. The lowest BCUT2D eigenvalue weighted by molar-refractivity contribution is -0.384. The minimum Gasteiger partial charge on any atom is -0.378 e. The van der Waals surface area contributed by atoms with Gasteiger partial charge in [-0.15, -0.1) is 0 Å². The first-order valence-electron chi connectivity index (χ1n) is 10.5. The van der Waals surface area contributed by atoms with E-state index in [1.165, 1.54) is 18.2 Å². The number of alkyl halides is 3. The highest BCUT2D eigenvalue weighted by Crippen LogP contribution is 2.37. The van der Waals surface area contributed by atoms with E-state index in [0.29, 0.717) is 47.9 Å². The second-order valence-corrected chi connectivity index (χ2v) is 10.1. The summed E-state index contributed by atoms with van der Waals surface area (Å²) in [6.45, 7) is 1.06. The molecule has 11 nitrogen and oxygen atoms in total. The van der Waals surface area contributed by atoms with Crippen molar-refractivity contribution in [3.05, 3.63) is 62.7 Å². The Morgan fingerprint density at radius 1 is 1.27 bits per heavy atom. The fourth-order valence-corrected chi connectivity index (χ4v) is 4.55. The molecule has 0 radical (unpaired) electrons. The third-order valence-corrected chi connectivity index (χ3v) is 6.67. The minimum atomic E-state index is -4.85. The molecule has 0 spiro atoms. The molecule has 1 amide bonds. The van der Waals surface area contributed by atoms with E-state index in [2.05, 4.69) is 10.5 Å². The van der Waals surface area contributed by atoms with E-state index < -0.39 is 49.8 Å². The first-order valence-corrected chi connectivity index (χ1v) is 12.8. The second-order valence-electron chi connectivity index (χ2n) is 7.82. The number of hydrogen-bond acceptors (Lipinski definition) is 8. The summed E-state index contributed by atoms with van der Waals surface area (Å²) < 4.78 is 69.9. The van der Waals surface area contributed by atoms with Crippen LogP contribution in [0.1, 0.15) is 11.1 Å². The van der Waals surface area contributed by atoms with Crippen molar-refractivity contribution in [2.24, 2.45) is 5.10 Å². The molecule has 3 rings (SSSR count). The molecule has 37 heavy (non-hydrogen) atoms. The zero-order chi connectivity index (χ0) is 27.4. The number of hydrogen-bond donors (Lipinski definition) is 1. The molecule has 200 valence electrons. The summed E-state index contributed by atoms with van der Waals surface area (Å²) in [4.78, 5) is 25.0. The van der Waals surface area contributed by atoms with Crippen LogP contribution in [0.15, 0.2) is 41.5 Å². The van der Waals surface area contributed by atoms with Crippen molar-refractivity contribution >= 4 is 50.8 Å². The van der Waals surface area contributed by atoms with Crippen molar-refractivity contribution in [3.63, 3.8) is 0 Å². The Hall–Kier alpha value is -3.43. The predicted octanol–water partition coefficient (Wildman–Crippen LogP) is 3.02. The van der Waals surface area contributed by atoms with Crippen LogP contribution in [0.5, 0.6) is 0 Å². The topological polar surface area (TPSA) is 134 Å². The van der Waals surface area contributed by atoms with Gasteiger partial charge in [0.15, 0.2) is 0 Å². The summed E-state index contributed by atoms with van der Waals surface area (Å²) >= 11 is 5.59. The van der Waals surface area contributed by atoms with Gasteiger partial charge in [-0.1, -0.05) is 11.6 Å². The van der Waals surface area contributed by atoms with Gasteiger partial charge >= 0.3 is 6.18 Å². The Morgan fingerprint density at radius 2 is 1.95 bits per heavy atom. The summed E-state index contributed by atoms with van der Waals surface area (Å²) in [5, 5.41) is 14.3. The first kappa shape index (κ1) is 28.1. The lowest BCUT2D eigenvalue weighted by Crippen LogP contribution is -2.39. The maximum atomic E-state index is 13.2. The molecule has 0 saturated carbocycles. The average molecular weight is 564 g/mol. The van der Waals surface area contributed by atoms with Gasteiger partial charge in [0.05, 0.1) is 46.9 Å². The van der Waals surface area contributed by atoms with Crippen molar-refractivity contribution in [2.75, 3.05) is 48.3 Å². The van der Waals surface area contributed by atoms with Crippen LogP contribution in [0.4, 0.5) is 30.2 Å². The van der Waals surface area contributed by atoms with Crippen molar-refractivity contribution < 1.29 is 36.0 Å². The van der Waals surface area contributed by atoms with Crippen molar-refractivity contribution in [1.29, 1.82) is 0 Å². The lowest BCUT2D eigenvalue weighted by atomic mass is 10.1. The van der Waals surface area contributed by atoms with Crippen LogP contribution in [-0.4, -0.2) is 64.6 Å². The van der Waals surface area contributed by atoms with E-state index in [1.807, 2.05) is 4.90 Å². The fraction of sp³-hybridized carbons (Fsp3) is 0.333. The van der Waals surface area contributed by atoms with Crippen LogP contribution in [-0.2, 0) is 25.7 Å². The summed E-state index contributed by atoms with van der Waals surface area (Å²) in [5.41, 5.74) is 1.11. The number of rotatable bonds is 8. The Kier molecular flexibility index (Phi) is 8.60. The highest BCUT2D eigenvalue weighted by atomic mass is 35.5. The molecule has 0 aromatic heterocycles. The number of nitrogens with zero attached hydrogens (tertiary/aromatic N) is 4. The van der Waals surface area contributed by atoms with Crippen LogP contribution < -0.4 is 14.6 Å². The number of carbonyl (C=O) groups excluding carboxylic acids is 1. The van der Waals surface area contributed by atoms with E-state index in [-0.39, 0.29) is 5.69 Å². The number of benzene rings is 2. The first-order chi connectivity index (χ1) is 17.3. The third-order valence-electron chi connectivity index (χ3n) is 5.20. The molecule has 16 heteroatoms. The standard InChI is InChI=1S/C21H21ClF3N5O6S/c1-37(34,35)29(15-2-4-18(22)17(11-15)21(23,24)25)13-20(31)27-26-12-14-10-16(30(32)33)3-5-19(14)28-6-8-36-9-7-28/h2-5,10-12H,6-9,13H2,1H3,(H,27,31)/b26-12-. The van der Waals surface area contributed by atoms with Crippen LogP contribution in [0.3, 0.4) is 0 Å². The van der Waals surface area contributed by atoms with Gasteiger partial charge in [-0.3, -0.25) is 19.2 Å². The van der Waals surface area contributed by atoms with E-state index >= 15 is 0 Å².